The van der Waals surface area contributed by atoms with Crippen molar-refractivity contribution in [2.45, 2.75) is 18.7 Å². The Morgan fingerprint density at radius 1 is 1.42 bits per heavy atom. The first-order valence-corrected chi connectivity index (χ1v) is 8.08. The van der Waals surface area contributed by atoms with E-state index in [0.29, 0.717) is 5.75 Å². The van der Waals surface area contributed by atoms with Crippen molar-refractivity contribution < 1.29 is 4.79 Å². The zero-order chi connectivity index (χ0) is 13.5. The molecule has 2 rings (SSSR count). The van der Waals surface area contributed by atoms with Crippen LogP contribution in [0.4, 0.5) is 0 Å². The molecule has 19 heavy (non-hydrogen) atoms. The van der Waals surface area contributed by atoms with Gasteiger partial charge in [0, 0.05) is 23.0 Å². The van der Waals surface area contributed by atoms with Crippen molar-refractivity contribution in [3.63, 3.8) is 0 Å². The van der Waals surface area contributed by atoms with Gasteiger partial charge >= 0.3 is 0 Å². The topological polar surface area (TPSA) is 42.0 Å². The first kappa shape index (κ1) is 14.1. The maximum Gasteiger partial charge on any atom is 0.230 e. The van der Waals surface area contributed by atoms with Gasteiger partial charge in [-0.2, -0.15) is 0 Å². The summed E-state index contributed by atoms with van der Waals surface area (Å²) in [4.78, 5) is 17.1. The average Bonchev–Trinajstić information content (AvgIpc) is 2.93. The Labute approximate surface area is 121 Å². The van der Waals surface area contributed by atoms with Gasteiger partial charge in [0.05, 0.1) is 11.8 Å². The van der Waals surface area contributed by atoms with Crippen LogP contribution in [0, 0.1) is 0 Å². The number of pyridine rings is 1. The number of amides is 1. The first-order valence-electron chi connectivity index (χ1n) is 6.05. The molecule has 0 bridgehead atoms. The SMILES string of the molecule is CC(NC(=O)CSCc1cccs1)c1ccncc1. The molecule has 1 amide bonds. The van der Waals surface area contributed by atoms with Crippen molar-refractivity contribution in [1.82, 2.24) is 10.3 Å². The van der Waals surface area contributed by atoms with Crippen molar-refractivity contribution in [3.8, 4) is 0 Å². The predicted molar refractivity (Wildman–Crippen MR) is 81.3 cm³/mol. The Bertz CT molecular complexity index is 499. The van der Waals surface area contributed by atoms with Crippen molar-refractivity contribution in [1.29, 1.82) is 0 Å². The van der Waals surface area contributed by atoms with E-state index in [1.54, 1.807) is 35.5 Å². The third-order valence-electron chi connectivity index (χ3n) is 2.64. The minimum absolute atomic E-state index is 0.0258. The lowest BCUT2D eigenvalue weighted by atomic mass is 10.1. The molecule has 0 saturated carbocycles. The zero-order valence-corrected chi connectivity index (χ0v) is 12.3. The smallest absolute Gasteiger partial charge is 0.230 e. The van der Waals surface area contributed by atoms with Gasteiger partial charge < -0.3 is 5.32 Å². The largest absolute Gasteiger partial charge is 0.349 e. The van der Waals surface area contributed by atoms with Crippen molar-refractivity contribution in [3.05, 3.63) is 52.5 Å². The van der Waals surface area contributed by atoms with E-state index in [4.69, 9.17) is 0 Å². The molecular weight excluding hydrogens is 276 g/mol. The van der Waals surface area contributed by atoms with Crippen LogP contribution in [0.1, 0.15) is 23.4 Å². The van der Waals surface area contributed by atoms with Gasteiger partial charge in [0.1, 0.15) is 0 Å². The van der Waals surface area contributed by atoms with E-state index in [1.807, 2.05) is 25.1 Å². The van der Waals surface area contributed by atoms with Crippen LogP contribution in [-0.2, 0) is 10.5 Å². The van der Waals surface area contributed by atoms with Gasteiger partial charge in [0.25, 0.3) is 0 Å². The lowest BCUT2D eigenvalue weighted by Crippen LogP contribution is -2.28. The van der Waals surface area contributed by atoms with Gasteiger partial charge in [-0.25, -0.2) is 0 Å². The van der Waals surface area contributed by atoms with Crippen LogP contribution in [0.25, 0.3) is 0 Å². The summed E-state index contributed by atoms with van der Waals surface area (Å²) in [6.45, 7) is 1.98. The molecule has 0 spiro atoms. The fraction of sp³-hybridized carbons (Fsp3) is 0.286. The molecular formula is C14H16N2OS2. The number of hydrogen-bond acceptors (Lipinski definition) is 4. The van der Waals surface area contributed by atoms with Gasteiger partial charge in [-0.3, -0.25) is 9.78 Å². The Hall–Kier alpha value is -1.33. The monoisotopic (exact) mass is 292 g/mol. The molecule has 0 saturated heterocycles. The molecule has 0 aliphatic heterocycles. The standard InChI is InChI=1S/C14H16N2OS2/c1-11(12-4-6-15-7-5-12)16-14(17)10-18-9-13-3-2-8-19-13/h2-8,11H,9-10H2,1H3,(H,16,17). The molecule has 2 aromatic heterocycles. The molecule has 0 aliphatic carbocycles. The number of aromatic nitrogens is 1. The fourth-order valence-corrected chi connectivity index (χ4v) is 3.34. The van der Waals surface area contributed by atoms with Crippen LogP contribution in [0.2, 0.25) is 0 Å². The van der Waals surface area contributed by atoms with Crippen LogP contribution in [-0.4, -0.2) is 16.6 Å². The highest BCUT2D eigenvalue weighted by Gasteiger charge is 2.09. The Kier molecular flexibility index (Phi) is 5.42. The molecule has 0 aliphatic rings. The zero-order valence-electron chi connectivity index (χ0n) is 10.7. The number of thiophene rings is 1. The van der Waals surface area contributed by atoms with Crippen LogP contribution in [0.5, 0.6) is 0 Å². The highest BCUT2D eigenvalue weighted by atomic mass is 32.2. The molecule has 2 aromatic rings. The van der Waals surface area contributed by atoms with Crippen LogP contribution >= 0.6 is 23.1 Å². The highest BCUT2D eigenvalue weighted by molar-refractivity contribution is 7.99. The molecule has 0 radical (unpaired) electrons. The second kappa shape index (κ2) is 7.31. The minimum atomic E-state index is 0.0258. The fourth-order valence-electron chi connectivity index (χ4n) is 1.66. The number of nitrogens with one attached hydrogen (secondary N) is 1. The van der Waals surface area contributed by atoms with Gasteiger partial charge in [-0.15, -0.1) is 23.1 Å². The van der Waals surface area contributed by atoms with Crippen LogP contribution in [0.15, 0.2) is 42.0 Å². The summed E-state index contributed by atoms with van der Waals surface area (Å²) in [5.41, 5.74) is 1.08. The molecule has 0 fully saturated rings. The second-order valence-electron chi connectivity index (χ2n) is 4.14. The van der Waals surface area contributed by atoms with Crippen molar-refractivity contribution >= 4 is 29.0 Å². The second-order valence-corrected chi connectivity index (χ2v) is 6.16. The normalized spacial score (nSPS) is 12.1. The molecule has 5 heteroatoms. The molecule has 1 N–H and O–H groups in total. The minimum Gasteiger partial charge on any atom is -0.349 e. The summed E-state index contributed by atoms with van der Waals surface area (Å²) in [6.07, 6.45) is 3.48. The maximum atomic E-state index is 11.8. The summed E-state index contributed by atoms with van der Waals surface area (Å²) >= 11 is 3.37. The summed E-state index contributed by atoms with van der Waals surface area (Å²) in [6, 6.07) is 7.99. The van der Waals surface area contributed by atoms with Crippen molar-refractivity contribution in [2.75, 3.05) is 5.75 Å². The Balaban J connectivity index is 1.72. The lowest BCUT2D eigenvalue weighted by molar-refractivity contribution is -0.119. The molecule has 100 valence electrons. The number of nitrogens with zero attached hydrogens (tertiary/aromatic N) is 1. The first-order chi connectivity index (χ1) is 9.25. The highest BCUT2D eigenvalue weighted by Crippen LogP contribution is 2.17. The van der Waals surface area contributed by atoms with E-state index < -0.39 is 0 Å². The quantitative estimate of drug-likeness (QED) is 0.888. The van der Waals surface area contributed by atoms with Crippen LogP contribution < -0.4 is 5.32 Å². The van der Waals surface area contributed by atoms with Gasteiger partial charge in [-0.05, 0) is 36.1 Å². The van der Waals surface area contributed by atoms with Gasteiger partial charge in [0.15, 0.2) is 0 Å². The number of hydrogen-bond donors (Lipinski definition) is 1. The van der Waals surface area contributed by atoms with Crippen molar-refractivity contribution in [2.24, 2.45) is 0 Å². The summed E-state index contributed by atoms with van der Waals surface area (Å²) in [5, 5.41) is 5.05. The number of carbonyl (C=O) groups excluding carboxylic acids is 1. The number of thioether (sulfide) groups is 1. The Morgan fingerprint density at radius 2 is 2.21 bits per heavy atom. The predicted octanol–water partition coefficient (Wildman–Crippen LogP) is 3.25. The summed E-state index contributed by atoms with van der Waals surface area (Å²) in [7, 11) is 0. The summed E-state index contributed by atoms with van der Waals surface area (Å²) < 4.78 is 0. The van der Waals surface area contributed by atoms with E-state index in [9.17, 15) is 4.79 Å². The average molecular weight is 292 g/mol. The molecule has 1 atom stereocenters. The maximum absolute atomic E-state index is 11.8. The van der Waals surface area contributed by atoms with E-state index in [-0.39, 0.29) is 11.9 Å². The molecule has 2 heterocycles. The molecule has 3 nitrogen and oxygen atoms in total. The number of carbonyl (C=O) groups is 1. The molecule has 0 aromatic carbocycles. The number of rotatable bonds is 6. The van der Waals surface area contributed by atoms with E-state index in [2.05, 4.69) is 21.7 Å². The van der Waals surface area contributed by atoms with E-state index >= 15 is 0 Å². The van der Waals surface area contributed by atoms with Gasteiger partial charge in [0.2, 0.25) is 5.91 Å². The Morgan fingerprint density at radius 3 is 2.89 bits per heavy atom. The summed E-state index contributed by atoms with van der Waals surface area (Å²) in [5.74, 6) is 1.47. The third kappa shape index (κ3) is 4.69. The van der Waals surface area contributed by atoms with E-state index in [1.165, 1.54) is 4.88 Å². The van der Waals surface area contributed by atoms with E-state index in [0.717, 1.165) is 11.3 Å². The van der Waals surface area contributed by atoms with Gasteiger partial charge in [-0.1, -0.05) is 6.07 Å². The lowest BCUT2D eigenvalue weighted by Gasteiger charge is -2.13. The third-order valence-corrected chi connectivity index (χ3v) is 4.68. The molecule has 1 unspecified atom stereocenters. The van der Waals surface area contributed by atoms with Crippen LogP contribution in [0.3, 0.4) is 0 Å².